The molecule has 0 aliphatic carbocycles. The molecule has 1 aromatic heterocycles. The van der Waals surface area contributed by atoms with Crippen LogP contribution in [0.5, 0.6) is 0 Å². The summed E-state index contributed by atoms with van der Waals surface area (Å²) in [5, 5.41) is 1.19. The second-order valence-corrected chi connectivity index (χ2v) is 5.01. The molecule has 0 atom stereocenters. The quantitative estimate of drug-likeness (QED) is 0.767. The number of nitrogens with two attached hydrogens (primary N) is 1. The maximum Gasteiger partial charge on any atom is 0.104 e. The molecule has 2 nitrogen and oxygen atoms in total. The van der Waals surface area contributed by atoms with Gasteiger partial charge in [0.05, 0.1) is 15.4 Å². The number of benzene rings is 1. The summed E-state index contributed by atoms with van der Waals surface area (Å²) < 4.78 is 1.20. The van der Waals surface area contributed by atoms with Crippen LogP contribution in [0.25, 0.3) is 10.2 Å². The van der Waals surface area contributed by atoms with Crippen LogP contribution in [0.15, 0.2) is 18.2 Å². The second-order valence-electron chi connectivity index (χ2n) is 3.90. The fourth-order valence-electron chi connectivity index (χ4n) is 1.45. The van der Waals surface area contributed by atoms with E-state index < -0.39 is 0 Å². The number of anilines is 1. The van der Waals surface area contributed by atoms with E-state index in [1.54, 1.807) is 11.3 Å². The molecule has 0 bridgehead atoms. The minimum Gasteiger partial charge on any atom is -0.397 e. The van der Waals surface area contributed by atoms with Crippen LogP contribution in [0.1, 0.15) is 18.9 Å². The normalized spacial score (nSPS) is 11.4. The summed E-state index contributed by atoms with van der Waals surface area (Å²) in [4.78, 5) is 4.55. The lowest BCUT2D eigenvalue weighted by molar-refractivity contribution is 0.645. The first-order valence-electron chi connectivity index (χ1n) is 4.80. The van der Waals surface area contributed by atoms with Crippen LogP contribution in [0.4, 0.5) is 5.69 Å². The number of nitrogen functional groups attached to an aromatic ring is 1. The highest BCUT2D eigenvalue weighted by molar-refractivity contribution is 7.18. The lowest BCUT2D eigenvalue weighted by Gasteiger charge is -1.97. The summed E-state index contributed by atoms with van der Waals surface area (Å²) in [6.45, 7) is 4.41. The van der Waals surface area contributed by atoms with Crippen LogP contribution in [-0.2, 0) is 6.42 Å². The molecule has 1 aromatic carbocycles. The van der Waals surface area contributed by atoms with E-state index in [0.29, 0.717) is 5.92 Å². The summed E-state index contributed by atoms with van der Waals surface area (Å²) in [6.07, 6.45) is 1.04. The number of thiazole rings is 1. The molecule has 2 aromatic rings. The highest BCUT2D eigenvalue weighted by Crippen LogP contribution is 2.27. The Morgan fingerprint density at radius 3 is 2.86 bits per heavy atom. The SMILES string of the molecule is CC(C)Cc1nc2c(N)cccc2s1. The monoisotopic (exact) mass is 206 g/mol. The molecule has 14 heavy (non-hydrogen) atoms. The summed E-state index contributed by atoms with van der Waals surface area (Å²) in [5.74, 6) is 0.650. The maximum atomic E-state index is 5.84. The minimum atomic E-state index is 0.650. The van der Waals surface area contributed by atoms with Crippen molar-refractivity contribution in [1.82, 2.24) is 4.98 Å². The molecular weight excluding hydrogens is 192 g/mol. The van der Waals surface area contributed by atoms with Crippen molar-refractivity contribution in [2.24, 2.45) is 5.92 Å². The lowest BCUT2D eigenvalue weighted by Crippen LogP contribution is -1.92. The van der Waals surface area contributed by atoms with Crippen molar-refractivity contribution in [3.05, 3.63) is 23.2 Å². The molecule has 0 spiro atoms. The Hall–Kier alpha value is -1.09. The Kier molecular flexibility index (Phi) is 2.42. The second kappa shape index (κ2) is 3.58. The molecule has 0 aliphatic rings. The van der Waals surface area contributed by atoms with Crippen molar-refractivity contribution in [3.8, 4) is 0 Å². The zero-order valence-corrected chi connectivity index (χ0v) is 9.27. The van der Waals surface area contributed by atoms with Crippen LogP contribution in [0.2, 0.25) is 0 Å². The van der Waals surface area contributed by atoms with Crippen LogP contribution < -0.4 is 5.73 Å². The standard InChI is InChI=1S/C11H14N2S/c1-7(2)6-10-13-11-8(12)4-3-5-9(11)14-10/h3-5,7H,6,12H2,1-2H3. The fraction of sp³-hybridized carbons (Fsp3) is 0.364. The van der Waals surface area contributed by atoms with Gasteiger partial charge in [0.25, 0.3) is 0 Å². The molecule has 2 N–H and O–H groups in total. The first kappa shape index (κ1) is 9.46. The molecule has 0 saturated carbocycles. The molecule has 2 rings (SSSR count). The maximum absolute atomic E-state index is 5.84. The van der Waals surface area contributed by atoms with Gasteiger partial charge in [-0.3, -0.25) is 0 Å². The molecule has 0 saturated heterocycles. The molecule has 0 unspecified atom stereocenters. The number of rotatable bonds is 2. The highest BCUT2D eigenvalue weighted by Gasteiger charge is 2.07. The Morgan fingerprint density at radius 2 is 2.21 bits per heavy atom. The van der Waals surface area contributed by atoms with E-state index in [-0.39, 0.29) is 0 Å². The van der Waals surface area contributed by atoms with Gasteiger partial charge in [0.1, 0.15) is 5.52 Å². The van der Waals surface area contributed by atoms with Crippen molar-refractivity contribution >= 4 is 27.2 Å². The number of aromatic nitrogens is 1. The van der Waals surface area contributed by atoms with E-state index in [4.69, 9.17) is 5.73 Å². The van der Waals surface area contributed by atoms with Gasteiger partial charge >= 0.3 is 0 Å². The molecular formula is C11H14N2S. The van der Waals surface area contributed by atoms with Crippen molar-refractivity contribution in [3.63, 3.8) is 0 Å². The van der Waals surface area contributed by atoms with Gasteiger partial charge in [-0.1, -0.05) is 19.9 Å². The van der Waals surface area contributed by atoms with Crippen molar-refractivity contribution < 1.29 is 0 Å². The summed E-state index contributed by atoms with van der Waals surface area (Å²) in [7, 11) is 0. The third kappa shape index (κ3) is 1.73. The van der Waals surface area contributed by atoms with Gasteiger partial charge in [0.15, 0.2) is 0 Å². The fourth-order valence-corrected chi connectivity index (χ4v) is 2.67. The Balaban J connectivity index is 2.46. The first-order chi connectivity index (χ1) is 6.66. The van der Waals surface area contributed by atoms with E-state index in [2.05, 4.69) is 24.9 Å². The minimum absolute atomic E-state index is 0.650. The average Bonchev–Trinajstić information content (AvgIpc) is 2.47. The van der Waals surface area contributed by atoms with Crippen LogP contribution in [0, 0.1) is 5.92 Å². The van der Waals surface area contributed by atoms with Crippen LogP contribution in [0.3, 0.4) is 0 Å². The van der Waals surface area contributed by atoms with E-state index in [1.165, 1.54) is 9.71 Å². The molecule has 0 fully saturated rings. The molecule has 0 aliphatic heterocycles. The summed E-state index contributed by atoms with van der Waals surface area (Å²) in [5.41, 5.74) is 7.60. The topological polar surface area (TPSA) is 38.9 Å². The molecule has 0 amide bonds. The number of hydrogen-bond acceptors (Lipinski definition) is 3. The largest absolute Gasteiger partial charge is 0.397 e. The zero-order chi connectivity index (χ0) is 10.1. The smallest absolute Gasteiger partial charge is 0.104 e. The van der Waals surface area contributed by atoms with Gasteiger partial charge in [0, 0.05) is 6.42 Å². The zero-order valence-electron chi connectivity index (χ0n) is 8.45. The predicted molar refractivity (Wildman–Crippen MR) is 62.6 cm³/mol. The number of hydrogen-bond donors (Lipinski definition) is 1. The third-order valence-electron chi connectivity index (χ3n) is 2.08. The van der Waals surface area contributed by atoms with Crippen molar-refractivity contribution in [1.29, 1.82) is 0 Å². The highest BCUT2D eigenvalue weighted by atomic mass is 32.1. The summed E-state index contributed by atoms with van der Waals surface area (Å²) in [6, 6.07) is 5.96. The average molecular weight is 206 g/mol. The van der Waals surface area contributed by atoms with Gasteiger partial charge in [-0.15, -0.1) is 11.3 Å². The van der Waals surface area contributed by atoms with Crippen molar-refractivity contribution in [2.45, 2.75) is 20.3 Å². The van der Waals surface area contributed by atoms with Gasteiger partial charge < -0.3 is 5.73 Å². The summed E-state index contributed by atoms with van der Waals surface area (Å²) >= 11 is 1.75. The van der Waals surface area contributed by atoms with E-state index in [0.717, 1.165) is 17.6 Å². The molecule has 3 heteroatoms. The molecule has 74 valence electrons. The first-order valence-corrected chi connectivity index (χ1v) is 5.62. The van der Waals surface area contributed by atoms with Crippen molar-refractivity contribution in [2.75, 3.05) is 5.73 Å². The van der Waals surface area contributed by atoms with Gasteiger partial charge in [0.2, 0.25) is 0 Å². The number of para-hydroxylation sites is 1. The Labute approximate surface area is 87.8 Å². The van der Waals surface area contributed by atoms with E-state index >= 15 is 0 Å². The number of fused-ring (bicyclic) bond motifs is 1. The Bertz CT molecular complexity index is 445. The van der Waals surface area contributed by atoms with Crippen LogP contribution in [-0.4, -0.2) is 4.98 Å². The van der Waals surface area contributed by atoms with Gasteiger partial charge in [-0.2, -0.15) is 0 Å². The van der Waals surface area contributed by atoms with Crippen LogP contribution >= 0.6 is 11.3 Å². The molecule has 0 radical (unpaired) electrons. The third-order valence-corrected chi connectivity index (χ3v) is 3.12. The van der Waals surface area contributed by atoms with E-state index in [1.807, 2.05) is 12.1 Å². The molecule has 1 heterocycles. The van der Waals surface area contributed by atoms with Gasteiger partial charge in [-0.05, 0) is 18.1 Å². The predicted octanol–water partition coefficient (Wildman–Crippen LogP) is 3.08. The van der Waals surface area contributed by atoms with E-state index in [9.17, 15) is 0 Å². The van der Waals surface area contributed by atoms with Gasteiger partial charge in [-0.25, -0.2) is 4.98 Å². The number of nitrogens with zero attached hydrogens (tertiary/aromatic N) is 1. The Morgan fingerprint density at radius 1 is 1.43 bits per heavy atom. The lowest BCUT2D eigenvalue weighted by atomic mass is 10.1.